The van der Waals surface area contributed by atoms with Gasteiger partial charge in [0.15, 0.2) is 11.6 Å². The maximum atomic E-state index is 13.3. The van der Waals surface area contributed by atoms with Gasteiger partial charge < -0.3 is 15.8 Å². The summed E-state index contributed by atoms with van der Waals surface area (Å²) in [6.07, 6.45) is 32.7. The number of nitrogens with two attached hydrogens (primary N) is 1. The highest BCUT2D eigenvalue weighted by molar-refractivity contribution is 9.10. The standard InChI is InChI=1S/C24H27N3O.C23H22N2.C22H22O.C19H17BrO.C3H7BO2/c1-27-22(25)26-24(28-27)21-14-19(18-6-7-18)8-9-20(21)15-23(24)12-10-16-4-2-3-5-17(16)11-13-23;24-15-25-22-21-13-19(18-5-6-18)7-8-20(21)14-23(22)11-9-16-3-1-2-4-17(16)10-12-23;23-21-20-13-18(17-5-6-17)7-8-19(20)14-22(21)11-9-15-3-1-2-4-16(15)10-12-22;20-16-6-5-15-12-19(18(21)17(15)11-16)9-7-13-3-1-2-4-14(13)8-10-19;5-4(6)3-1-2-3/h2-5,8-9,14,18H,6-7,10-13,15H2,1H3,(H2,25,26);1-4,7-8,13,18H,5-6,9-12,14H2;1-4,7-8,13,17H,5-6,9-12,14H2;1-6,11H,7-10,12H2;3,5-6H,1-2H2. The highest BCUT2D eigenvalue weighted by Crippen LogP contribution is 2.62. The number of ketones is 2. The Labute approximate surface area is 616 Å². The van der Waals surface area contributed by atoms with Crippen molar-refractivity contribution in [2.24, 2.45) is 37.4 Å². The largest absolute Gasteiger partial charge is 0.454 e. The van der Waals surface area contributed by atoms with E-state index in [1.807, 2.05) is 13.1 Å². The van der Waals surface area contributed by atoms with Crippen LogP contribution in [-0.2, 0) is 87.6 Å². The van der Waals surface area contributed by atoms with E-state index in [4.69, 9.17) is 25.6 Å². The van der Waals surface area contributed by atoms with Gasteiger partial charge in [0.25, 0.3) is 0 Å². The highest BCUT2D eigenvalue weighted by Gasteiger charge is 2.63. The van der Waals surface area contributed by atoms with Gasteiger partial charge in [0, 0.05) is 55.4 Å². The molecule has 5 spiro atoms. The van der Waals surface area contributed by atoms with Crippen molar-refractivity contribution in [1.29, 1.82) is 5.26 Å². The number of rotatable bonds is 4. The summed E-state index contributed by atoms with van der Waals surface area (Å²) in [5.74, 6) is 3.69. The van der Waals surface area contributed by atoms with Gasteiger partial charge >= 0.3 is 7.12 Å². The van der Waals surface area contributed by atoms with E-state index < -0.39 is 12.8 Å². The number of hydrogen-bond acceptors (Lipinski definition) is 10. The molecule has 1 heterocycles. The zero-order chi connectivity index (χ0) is 70.2. The van der Waals surface area contributed by atoms with Gasteiger partial charge in [-0.1, -0.05) is 174 Å². The summed E-state index contributed by atoms with van der Waals surface area (Å²) >= 11 is 3.49. The molecule has 4 N–H and O–H groups in total. The lowest BCUT2D eigenvalue weighted by Crippen LogP contribution is -2.43. The maximum Gasteiger partial charge on any atom is 0.454 e. The molecule has 4 saturated carbocycles. The van der Waals surface area contributed by atoms with Crippen LogP contribution in [0.2, 0.25) is 5.82 Å². The topological polar surface area (TPSA) is 162 Å². The summed E-state index contributed by atoms with van der Waals surface area (Å²) < 4.78 is 1.00. The van der Waals surface area contributed by atoms with Crippen molar-refractivity contribution < 1.29 is 24.5 Å². The smallest absolute Gasteiger partial charge is 0.427 e. The number of guanidine groups is 1. The molecule has 0 amide bonds. The Morgan fingerprint density at radius 2 is 0.845 bits per heavy atom. The molecule has 12 aliphatic carbocycles. The van der Waals surface area contributed by atoms with Crippen LogP contribution in [0.3, 0.4) is 0 Å². The second-order valence-electron chi connectivity index (χ2n) is 32.9. The van der Waals surface area contributed by atoms with Gasteiger partial charge in [-0.05, 0) is 298 Å². The third kappa shape index (κ3) is 13.1. The van der Waals surface area contributed by atoms with Crippen molar-refractivity contribution in [2.75, 3.05) is 7.05 Å². The number of aryl methyl sites for hydroxylation is 8. The van der Waals surface area contributed by atoms with Crippen LogP contribution >= 0.6 is 15.9 Å². The molecule has 8 aromatic carbocycles. The number of halogens is 1. The van der Waals surface area contributed by atoms with Gasteiger partial charge in [0.2, 0.25) is 17.9 Å². The monoisotopic (exact) mass is 1430 g/mol. The lowest BCUT2D eigenvalue weighted by Gasteiger charge is -2.40. The first kappa shape index (κ1) is 68.1. The molecule has 524 valence electrons. The van der Waals surface area contributed by atoms with Crippen molar-refractivity contribution in [3.8, 4) is 6.19 Å². The van der Waals surface area contributed by atoms with E-state index in [1.165, 1.54) is 133 Å². The molecule has 0 radical (unpaired) electrons. The van der Waals surface area contributed by atoms with Crippen molar-refractivity contribution in [2.45, 2.75) is 209 Å². The van der Waals surface area contributed by atoms with E-state index in [0.29, 0.717) is 17.5 Å². The van der Waals surface area contributed by atoms with Crippen molar-refractivity contribution in [3.05, 3.63) is 280 Å². The normalized spacial score (nSPS) is 22.9. The quantitative estimate of drug-likeness (QED) is 0.116. The van der Waals surface area contributed by atoms with Crippen LogP contribution in [0.25, 0.3) is 0 Å². The Balaban J connectivity index is 0.0000000994. The Hall–Kier alpha value is -8.05. The third-order valence-electron chi connectivity index (χ3n) is 26.6. The Bertz CT molecular complexity index is 4650. The molecule has 1 aliphatic heterocycles. The number of hydrogen-bond donors (Lipinski definition) is 3. The lowest BCUT2D eigenvalue weighted by molar-refractivity contribution is -0.224. The minimum Gasteiger partial charge on any atom is -0.427 e. The molecule has 13 aliphatic rings. The van der Waals surface area contributed by atoms with E-state index in [0.717, 1.165) is 180 Å². The van der Waals surface area contributed by atoms with Crippen LogP contribution in [0.5, 0.6) is 0 Å². The van der Waals surface area contributed by atoms with Gasteiger partial charge in [-0.2, -0.15) is 10.3 Å². The van der Waals surface area contributed by atoms with E-state index in [-0.39, 0.29) is 27.5 Å². The predicted molar refractivity (Wildman–Crippen MR) is 412 cm³/mol. The SMILES string of the molecule is CN1OC2(N=C1N)c1cc(C3CC3)ccc1CC21CCc2ccccc2CC1.N#CN=C1c2cc(C3CC3)ccc2CC12CCc1ccccc1CC2.O=C1c2cc(Br)ccc2CC12CCc1ccccc1CC2.O=C1c2cc(C3CC3)ccc2CC12CCc1ccccc1CC2.OB(O)C1CC1. The molecule has 103 heavy (non-hydrogen) atoms. The summed E-state index contributed by atoms with van der Waals surface area (Å²) in [6, 6.07) is 62.0. The highest BCUT2D eigenvalue weighted by atomic mass is 79.9. The molecule has 0 saturated heterocycles. The van der Waals surface area contributed by atoms with Crippen LogP contribution in [0.15, 0.2) is 184 Å². The molecule has 0 aromatic heterocycles. The average molecular weight is 1430 g/mol. The second kappa shape index (κ2) is 27.5. The van der Waals surface area contributed by atoms with E-state index >= 15 is 0 Å². The first-order valence-electron chi connectivity index (χ1n) is 38.8. The van der Waals surface area contributed by atoms with E-state index in [1.54, 1.807) is 5.06 Å². The second-order valence-corrected chi connectivity index (χ2v) is 33.9. The number of Topliss-reactive ketones (excluding diaryl/α,β-unsaturated/α-hetero) is 2. The summed E-state index contributed by atoms with van der Waals surface area (Å²) in [4.78, 5) is 42.3. The number of carbonyl (C=O) groups is 2. The van der Waals surface area contributed by atoms with Crippen molar-refractivity contribution in [1.82, 2.24) is 5.06 Å². The number of fused-ring (bicyclic) bond motifs is 10. The van der Waals surface area contributed by atoms with Crippen molar-refractivity contribution in [3.63, 3.8) is 0 Å². The van der Waals surface area contributed by atoms with Crippen LogP contribution in [0.1, 0.15) is 236 Å². The molecular formula is C91H95BBrN5O5. The fraction of sp³-hybridized carbons (Fsp3) is 0.418. The molecule has 8 aromatic rings. The first-order valence-corrected chi connectivity index (χ1v) is 39.6. The van der Waals surface area contributed by atoms with Gasteiger partial charge in [-0.25, -0.2) is 14.9 Å². The van der Waals surface area contributed by atoms with Gasteiger partial charge in [0.05, 0.1) is 5.71 Å². The molecule has 12 heteroatoms. The Morgan fingerprint density at radius 1 is 0.476 bits per heavy atom. The Kier molecular flexibility index (Phi) is 18.1. The van der Waals surface area contributed by atoms with Crippen LogP contribution in [-0.4, -0.2) is 52.5 Å². The number of carbonyl (C=O) groups excluding carboxylic acids is 2. The van der Waals surface area contributed by atoms with Crippen LogP contribution in [0, 0.1) is 33.1 Å². The number of benzene rings is 8. The number of aliphatic imine (C=N–C) groups is 2. The lowest BCUT2D eigenvalue weighted by atomic mass is 9.71. The van der Waals surface area contributed by atoms with Gasteiger partial charge in [-0.15, -0.1) is 0 Å². The zero-order valence-corrected chi connectivity index (χ0v) is 61.3. The molecule has 1 unspecified atom stereocenters. The minimum atomic E-state index is -1.04. The zero-order valence-electron chi connectivity index (χ0n) is 59.7. The first-order chi connectivity index (χ1) is 50.1. The van der Waals surface area contributed by atoms with E-state index in [2.05, 4.69) is 191 Å². The average Bonchev–Trinajstić information content (AvgIpc) is 1.53. The molecule has 21 rings (SSSR count). The summed E-state index contributed by atoms with van der Waals surface area (Å²) in [5, 5.41) is 27.5. The van der Waals surface area contributed by atoms with Gasteiger partial charge in [0.1, 0.15) is 0 Å². The fourth-order valence-electron chi connectivity index (χ4n) is 19.7. The minimum absolute atomic E-state index is 0.0409. The Morgan fingerprint density at radius 3 is 1.23 bits per heavy atom. The molecule has 0 bridgehead atoms. The summed E-state index contributed by atoms with van der Waals surface area (Å²) in [6.45, 7) is 0. The number of nitrogens with zero attached hydrogens (tertiary/aromatic N) is 4. The predicted octanol–water partition coefficient (Wildman–Crippen LogP) is 18.2. The number of hydroxylamine groups is 2. The van der Waals surface area contributed by atoms with Crippen molar-refractivity contribution >= 4 is 46.3 Å². The van der Waals surface area contributed by atoms with Crippen LogP contribution in [0.4, 0.5) is 0 Å². The fourth-order valence-corrected chi connectivity index (χ4v) is 20.1. The summed E-state index contributed by atoms with van der Waals surface area (Å²) in [5.41, 5.74) is 32.1. The third-order valence-corrected chi connectivity index (χ3v) is 27.0. The molecular weight excluding hydrogens is 1330 g/mol. The number of nitriles is 1. The summed E-state index contributed by atoms with van der Waals surface area (Å²) in [7, 11) is 0.847. The van der Waals surface area contributed by atoms with Crippen LogP contribution < -0.4 is 5.73 Å². The van der Waals surface area contributed by atoms with Gasteiger partial charge in [-0.3, -0.25) is 9.59 Å². The molecule has 4 fully saturated rings. The van der Waals surface area contributed by atoms with E-state index in [9.17, 15) is 14.9 Å². The molecule has 10 nitrogen and oxygen atoms in total. The molecule has 1 atom stereocenters. The maximum absolute atomic E-state index is 13.3.